The molecule has 1 aromatic heterocycles. The van der Waals surface area contributed by atoms with E-state index in [1.807, 2.05) is 16.9 Å². The third-order valence-electron chi connectivity index (χ3n) is 3.40. The Labute approximate surface area is 160 Å². The molecule has 0 spiro atoms. The Bertz CT molecular complexity index is 601. The molecule has 0 atom stereocenters. The molecule has 2 aromatic rings. The summed E-state index contributed by atoms with van der Waals surface area (Å²) in [4.78, 5) is 4.22. The Kier molecular flexibility index (Phi) is 10.1. The van der Waals surface area contributed by atoms with Crippen molar-refractivity contribution in [3.05, 3.63) is 53.9 Å². The average molecular weight is 443 g/mol. The predicted octanol–water partition coefficient (Wildman–Crippen LogP) is 2.25. The van der Waals surface area contributed by atoms with Gasteiger partial charge in [-0.3, -0.25) is 9.67 Å². The molecular weight excluding hydrogens is 417 g/mol. The van der Waals surface area contributed by atoms with Gasteiger partial charge in [0, 0.05) is 46.2 Å². The summed E-state index contributed by atoms with van der Waals surface area (Å²) in [7, 11) is 3.49. The van der Waals surface area contributed by atoms with Crippen LogP contribution in [0.5, 0.6) is 0 Å². The first-order chi connectivity index (χ1) is 11.3. The van der Waals surface area contributed by atoms with E-state index < -0.39 is 0 Å². The average Bonchev–Trinajstić information content (AvgIpc) is 3.07. The van der Waals surface area contributed by atoms with Crippen LogP contribution in [-0.4, -0.2) is 43.0 Å². The third-order valence-corrected chi connectivity index (χ3v) is 3.40. The van der Waals surface area contributed by atoms with Gasteiger partial charge in [0.15, 0.2) is 5.96 Å². The van der Waals surface area contributed by atoms with Gasteiger partial charge in [-0.1, -0.05) is 24.3 Å². The molecule has 0 aliphatic carbocycles. The molecule has 7 heteroatoms. The summed E-state index contributed by atoms with van der Waals surface area (Å²) in [5.74, 6) is 0.804. The van der Waals surface area contributed by atoms with E-state index in [1.165, 1.54) is 11.1 Å². The van der Waals surface area contributed by atoms with Crippen LogP contribution in [0.4, 0.5) is 0 Å². The lowest BCUT2D eigenvalue weighted by Gasteiger charge is -2.12. The molecule has 24 heavy (non-hydrogen) atoms. The van der Waals surface area contributed by atoms with Crippen LogP contribution in [0.1, 0.15) is 17.5 Å². The molecule has 0 fully saturated rings. The second kappa shape index (κ2) is 11.9. The molecule has 0 bridgehead atoms. The van der Waals surface area contributed by atoms with Crippen LogP contribution in [0.25, 0.3) is 0 Å². The van der Waals surface area contributed by atoms with Gasteiger partial charge in [-0.15, -0.1) is 24.0 Å². The Morgan fingerprint density at radius 3 is 2.79 bits per heavy atom. The minimum Gasteiger partial charge on any atom is -0.385 e. The summed E-state index contributed by atoms with van der Waals surface area (Å²) in [5.41, 5.74) is 2.45. The zero-order valence-corrected chi connectivity index (χ0v) is 16.6. The van der Waals surface area contributed by atoms with Crippen LogP contribution in [0.15, 0.2) is 47.7 Å². The lowest BCUT2D eigenvalue weighted by atomic mass is 10.1. The topological polar surface area (TPSA) is 63.5 Å². The number of aliphatic imine (C=N–C) groups is 1. The molecule has 0 unspecified atom stereocenters. The number of ether oxygens (including phenoxy) is 1. The van der Waals surface area contributed by atoms with Crippen LogP contribution in [0.2, 0.25) is 0 Å². The van der Waals surface area contributed by atoms with Gasteiger partial charge in [-0.2, -0.15) is 5.10 Å². The molecule has 132 valence electrons. The van der Waals surface area contributed by atoms with Crippen molar-refractivity contribution >= 4 is 29.9 Å². The van der Waals surface area contributed by atoms with Crippen molar-refractivity contribution in [1.29, 1.82) is 0 Å². The Morgan fingerprint density at radius 2 is 2.08 bits per heavy atom. The molecule has 0 aliphatic rings. The van der Waals surface area contributed by atoms with Crippen molar-refractivity contribution in [3.63, 3.8) is 0 Å². The van der Waals surface area contributed by atoms with E-state index in [2.05, 4.69) is 45.0 Å². The number of aromatic nitrogens is 2. The summed E-state index contributed by atoms with van der Waals surface area (Å²) in [6.45, 7) is 3.11. The summed E-state index contributed by atoms with van der Waals surface area (Å²) in [6, 6.07) is 10.4. The van der Waals surface area contributed by atoms with Crippen molar-refractivity contribution in [2.45, 2.75) is 19.5 Å². The van der Waals surface area contributed by atoms with Gasteiger partial charge in [0.1, 0.15) is 0 Å². The third kappa shape index (κ3) is 7.31. The Morgan fingerprint density at radius 1 is 1.25 bits per heavy atom. The van der Waals surface area contributed by atoms with Gasteiger partial charge in [0.05, 0.1) is 6.54 Å². The van der Waals surface area contributed by atoms with Crippen molar-refractivity contribution in [1.82, 2.24) is 20.4 Å². The fourth-order valence-corrected chi connectivity index (χ4v) is 2.25. The first-order valence-corrected chi connectivity index (χ1v) is 7.80. The number of hydrogen-bond acceptors (Lipinski definition) is 3. The van der Waals surface area contributed by atoms with Crippen LogP contribution >= 0.6 is 24.0 Å². The quantitative estimate of drug-likeness (QED) is 0.285. The maximum Gasteiger partial charge on any atom is 0.191 e. The molecule has 0 aliphatic heterocycles. The molecule has 0 radical (unpaired) electrons. The van der Waals surface area contributed by atoms with Crippen LogP contribution in [0, 0.1) is 0 Å². The maximum absolute atomic E-state index is 5.04. The molecule has 6 nitrogen and oxygen atoms in total. The van der Waals surface area contributed by atoms with Crippen LogP contribution < -0.4 is 10.6 Å². The maximum atomic E-state index is 5.04. The van der Waals surface area contributed by atoms with Gasteiger partial charge in [-0.25, -0.2) is 0 Å². The van der Waals surface area contributed by atoms with Crippen molar-refractivity contribution in [2.24, 2.45) is 4.99 Å². The predicted molar refractivity (Wildman–Crippen MR) is 108 cm³/mol. The zero-order valence-electron chi connectivity index (χ0n) is 14.2. The van der Waals surface area contributed by atoms with Gasteiger partial charge < -0.3 is 15.4 Å². The van der Waals surface area contributed by atoms with E-state index in [0.29, 0.717) is 0 Å². The first-order valence-electron chi connectivity index (χ1n) is 7.80. The fraction of sp³-hybridized carbons (Fsp3) is 0.412. The fourth-order valence-electron chi connectivity index (χ4n) is 2.25. The summed E-state index contributed by atoms with van der Waals surface area (Å²) >= 11 is 0. The highest BCUT2D eigenvalue weighted by Crippen LogP contribution is 2.06. The summed E-state index contributed by atoms with van der Waals surface area (Å²) in [6.07, 6.45) is 4.72. The molecule has 1 heterocycles. The second-order valence-corrected chi connectivity index (χ2v) is 5.22. The number of rotatable bonds is 8. The van der Waals surface area contributed by atoms with Gasteiger partial charge in [-0.05, 0) is 23.6 Å². The SMILES string of the molecule is CN=C(NCCCOC)NCc1cccc(Cn2cccn2)c1.I. The van der Waals surface area contributed by atoms with E-state index in [1.54, 1.807) is 20.4 Å². The molecule has 0 saturated carbocycles. The van der Waals surface area contributed by atoms with E-state index in [4.69, 9.17) is 4.74 Å². The molecule has 1 aromatic carbocycles. The van der Waals surface area contributed by atoms with Crippen molar-refractivity contribution in [2.75, 3.05) is 27.3 Å². The highest BCUT2D eigenvalue weighted by molar-refractivity contribution is 14.0. The monoisotopic (exact) mass is 443 g/mol. The molecular formula is C17H26IN5O. The van der Waals surface area contributed by atoms with E-state index in [-0.39, 0.29) is 24.0 Å². The van der Waals surface area contributed by atoms with Gasteiger partial charge >= 0.3 is 0 Å². The Hall–Kier alpha value is -1.61. The van der Waals surface area contributed by atoms with Gasteiger partial charge in [0.2, 0.25) is 0 Å². The smallest absolute Gasteiger partial charge is 0.191 e. The number of guanidine groups is 1. The number of benzene rings is 1. The largest absolute Gasteiger partial charge is 0.385 e. The zero-order chi connectivity index (χ0) is 16.3. The highest BCUT2D eigenvalue weighted by Gasteiger charge is 2.00. The van der Waals surface area contributed by atoms with E-state index >= 15 is 0 Å². The minimum atomic E-state index is 0. The molecule has 2 N–H and O–H groups in total. The molecule has 0 saturated heterocycles. The van der Waals surface area contributed by atoms with Crippen molar-refractivity contribution in [3.8, 4) is 0 Å². The standard InChI is InChI=1S/C17H25N5O.HI/c1-18-17(19-8-5-11-23-2)20-13-15-6-3-7-16(12-15)14-22-10-4-9-21-22;/h3-4,6-7,9-10,12H,5,8,11,13-14H2,1-2H3,(H2,18,19,20);1H. The molecule has 0 amide bonds. The van der Waals surface area contributed by atoms with Gasteiger partial charge in [0.25, 0.3) is 0 Å². The lowest BCUT2D eigenvalue weighted by Crippen LogP contribution is -2.37. The highest BCUT2D eigenvalue weighted by atomic mass is 127. The van der Waals surface area contributed by atoms with E-state index in [0.717, 1.165) is 38.6 Å². The normalized spacial score (nSPS) is 11.0. The number of nitrogens with zero attached hydrogens (tertiary/aromatic N) is 3. The summed E-state index contributed by atoms with van der Waals surface area (Å²) < 4.78 is 6.95. The van der Waals surface area contributed by atoms with Crippen LogP contribution in [0.3, 0.4) is 0 Å². The molecule has 2 rings (SSSR count). The lowest BCUT2D eigenvalue weighted by molar-refractivity contribution is 0.195. The van der Waals surface area contributed by atoms with Crippen molar-refractivity contribution < 1.29 is 4.74 Å². The number of methoxy groups -OCH3 is 1. The van der Waals surface area contributed by atoms with Crippen LogP contribution in [-0.2, 0) is 17.8 Å². The minimum absolute atomic E-state index is 0. The number of nitrogens with one attached hydrogen (secondary N) is 2. The summed E-state index contributed by atoms with van der Waals surface area (Å²) in [5, 5.41) is 10.8. The number of hydrogen-bond donors (Lipinski definition) is 2. The van der Waals surface area contributed by atoms with E-state index in [9.17, 15) is 0 Å². The first kappa shape index (κ1) is 20.4. The second-order valence-electron chi connectivity index (χ2n) is 5.22. The number of halogens is 1. The Balaban J connectivity index is 0.00000288.